The number of aliphatic hydroxyl groups is 1. The molecule has 0 saturated carbocycles. The van der Waals surface area contributed by atoms with Crippen molar-refractivity contribution in [2.75, 3.05) is 23.8 Å². The summed E-state index contributed by atoms with van der Waals surface area (Å²) in [6.45, 7) is 5.00. The van der Waals surface area contributed by atoms with Crippen LogP contribution >= 0.6 is 11.6 Å². The highest BCUT2D eigenvalue weighted by atomic mass is 35.5. The summed E-state index contributed by atoms with van der Waals surface area (Å²) in [6, 6.07) is 0.117. The Morgan fingerprint density at radius 2 is 2.29 bits per heavy atom. The predicted molar refractivity (Wildman–Crippen MR) is 70.6 cm³/mol. The van der Waals surface area contributed by atoms with Crippen molar-refractivity contribution < 1.29 is 5.11 Å². The highest BCUT2D eigenvalue weighted by Gasteiger charge is 2.08. The summed E-state index contributed by atoms with van der Waals surface area (Å²) in [6.07, 6.45) is 3.23. The summed E-state index contributed by atoms with van der Waals surface area (Å²) in [7, 11) is 0. The number of anilines is 2. The maximum atomic E-state index is 8.84. The summed E-state index contributed by atoms with van der Waals surface area (Å²) in [5.74, 6) is 1.16. The van der Waals surface area contributed by atoms with E-state index in [9.17, 15) is 0 Å². The number of aliphatic hydroxyl groups excluding tert-OH is 1. The average molecular weight is 259 g/mol. The molecule has 0 aliphatic carbocycles. The van der Waals surface area contributed by atoms with E-state index < -0.39 is 0 Å². The molecule has 1 heterocycles. The largest absolute Gasteiger partial charge is 0.396 e. The van der Waals surface area contributed by atoms with Crippen LogP contribution in [-0.2, 0) is 0 Å². The predicted octanol–water partition coefficient (Wildman–Crippen LogP) is 2.13. The molecule has 0 spiro atoms. The second-order valence-electron chi connectivity index (χ2n) is 3.87. The maximum absolute atomic E-state index is 8.84. The Hall–Kier alpha value is -1.07. The van der Waals surface area contributed by atoms with Crippen molar-refractivity contribution >= 4 is 23.4 Å². The van der Waals surface area contributed by atoms with Crippen molar-refractivity contribution in [1.29, 1.82) is 0 Å². The summed E-state index contributed by atoms with van der Waals surface area (Å²) >= 11 is 6.00. The number of aromatic nitrogens is 2. The van der Waals surface area contributed by atoms with Gasteiger partial charge in [-0.2, -0.15) is 4.98 Å². The second-order valence-corrected chi connectivity index (χ2v) is 4.28. The third-order valence-electron chi connectivity index (χ3n) is 2.22. The van der Waals surface area contributed by atoms with Crippen LogP contribution in [0.15, 0.2) is 6.20 Å². The average Bonchev–Trinajstić information content (AvgIpc) is 2.30. The molecule has 0 fully saturated rings. The molecule has 3 N–H and O–H groups in total. The quantitative estimate of drug-likeness (QED) is 0.699. The van der Waals surface area contributed by atoms with Crippen LogP contribution < -0.4 is 10.6 Å². The molecule has 1 aromatic rings. The van der Waals surface area contributed by atoms with E-state index in [0.29, 0.717) is 23.2 Å². The van der Waals surface area contributed by atoms with E-state index in [1.54, 1.807) is 6.20 Å². The first kappa shape index (κ1) is 14.0. The monoisotopic (exact) mass is 258 g/mol. The molecule has 0 amide bonds. The topological polar surface area (TPSA) is 70.1 Å². The molecule has 5 nitrogen and oxygen atoms in total. The lowest BCUT2D eigenvalue weighted by atomic mass is 10.2. The number of hydrogen-bond donors (Lipinski definition) is 3. The number of nitrogens with zero attached hydrogens (tertiary/aromatic N) is 2. The van der Waals surface area contributed by atoms with Gasteiger partial charge in [-0.1, -0.05) is 18.5 Å². The van der Waals surface area contributed by atoms with Gasteiger partial charge in [0.25, 0.3) is 0 Å². The van der Waals surface area contributed by atoms with Crippen molar-refractivity contribution in [3.05, 3.63) is 11.2 Å². The molecule has 0 aromatic carbocycles. The molecule has 1 rings (SSSR count). The highest BCUT2D eigenvalue weighted by molar-refractivity contribution is 6.32. The van der Waals surface area contributed by atoms with Gasteiger partial charge < -0.3 is 15.7 Å². The van der Waals surface area contributed by atoms with Crippen LogP contribution in [0.1, 0.15) is 26.7 Å². The van der Waals surface area contributed by atoms with Crippen LogP contribution in [0.4, 0.5) is 11.8 Å². The number of nitrogens with one attached hydrogen (secondary N) is 2. The van der Waals surface area contributed by atoms with Gasteiger partial charge in [-0.25, -0.2) is 4.98 Å². The van der Waals surface area contributed by atoms with Gasteiger partial charge in [-0.3, -0.25) is 0 Å². The third kappa shape index (κ3) is 4.75. The summed E-state index contributed by atoms with van der Waals surface area (Å²) in [5.41, 5.74) is 0. The Bertz CT molecular complexity index is 348. The second kappa shape index (κ2) is 7.29. The fourth-order valence-corrected chi connectivity index (χ4v) is 1.44. The lowest BCUT2D eigenvalue weighted by Gasteiger charge is -2.14. The molecule has 0 saturated heterocycles. The molecule has 0 radical (unpaired) electrons. The van der Waals surface area contributed by atoms with E-state index in [1.165, 1.54) is 0 Å². The Morgan fingerprint density at radius 3 is 2.94 bits per heavy atom. The first-order valence-corrected chi connectivity index (χ1v) is 6.19. The number of hydrogen-bond acceptors (Lipinski definition) is 5. The van der Waals surface area contributed by atoms with Gasteiger partial charge in [0.15, 0.2) is 5.82 Å². The molecular weight excluding hydrogens is 240 g/mol. The van der Waals surface area contributed by atoms with E-state index in [0.717, 1.165) is 13.0 Å². The van der Waals surface area contributed by atoms with Crippen LogP contribution in [0.2, 0.25) is 5.02 Å². The lowest BCUT2D eigenvalue weighted by Crippen LogP contribution is -2.18. The van der Waals surface area contributed by atoms with Gasteiger partial charge in [-0.15, -0.1) is 0 Å². The fraction of sp³-hybridized carbons (Fsp3) is 0.636. The van der Waals surface area contributed by atoms with E-state index in [4.69, 9.17) is 16.7 Å². The minimum absolute atomic E-state index is 0.117. The van der Waals surface area contributed by atoms with Crippen LogP contribution in [0.5, 0.6) is 0 Å². The normalized spacial score (nSPS) is 12.2. The molecule has 0 aliphatic heterocycles. The summed E-state index contributed by atoms with van der Waals surface area (Å²) < 4.78 is 0. The van der Waals surface area contributed by atoms with Gasteiger partial charge >= 0.3 is 0 Å². The Labute approximate surface area is 107 Å². The van der Waals surface area contributed by atoms with Crippen LogP contribution in [0.3, 0.4) is 0 Å². The zero-order chi connectivity index (χ0) is 12.7. The molecule has 96 valence electrons. The molecule has 1 unspecified atom stereocenters. The molecule has 17 heavy (non-hydrogen) atoms. The van der Waals surface area contributed by atoms with E-state index >= 15 is 0 Å². The van der Waals surface area contributed by atoms with E-state index in [1.807, 2.05) is 6.92 Å². The van der Waals surface area contributed by atoms with Crippen molar-refractivity contribution in [2.45, 2.75) is 32.7 Å². The lowest BCUT2D eigenvalue weighted by molar-refractivity contribution is 0.282. The molecule has 6 heteroatoms. The van der Waals surface area contributed by atoms with Crippen molar-refractivity contribution in [2.24, 2.45) is 0 Å². The maximum Gasteiger partial charge on any atom is 0.224 e. The van der Waals surface area contributed by atoms with Gasteiger partial charge in [0.2, 0.25) is 5.95 Å². The van der Waals surface area contributed by atoms with Crippen LogP contribution in [0, 0.1) is 0 Å². The SMILES string of the molecule is CCCNc1ncc(Cl)c(NC(C)CCO)n1. The van der Waals surface area contributed by atoms with Crippen molar-refractivity contribution in [1.82, 2.24) is 9.97 Å². The van der Waals surface area contributed by atoms with Gasteiger partial charge in [0.1, 0.15) is 5.02 Å². The third-order valence-corrected chi connectivity index (χ3v) is 2.50. The standard InChI is InChI=1S/C11H19ClN4O/c1-3-5-13-11-14-7-9(12)10(16-11)15-8(2)4-6-17/h7-8,17H,3-6H2,1-2H3,(H2,13,14,15,16). The summed E-state index contributed by atoms with van der Waals surface area (Å²) in [5, 5.41) is 15.6. The first-order chi connectivity index (χ1) is 8.17. The van der Waals surface area contributed by atoms with Crippen LogP contribution in [0.25, 0.3) is 0 Å². The van der Waals surface area contributed by atoms with Crippen LogP contribution in [-0.4, -0.2) is 34.3 Å². The first-order valence-electron chi connectivity index (χ1n) is 5.81. The van der Waals surface area contributed by atoms with E-state index in [-0.39, 0.29) is 12.6 Å². The molecule has 1 atom stereocenters. The number of rotatable bonds is 7. The van der Waals surface area contributed by atoms with Gasteiger partial charge in [-0.05, 0) is 19.8 Å². The Balaban J connectivity index is 2.68. The molecule has 0 bridgehead atoms. The molecular formula is C11H19ClN4O. The Kier molecular flexibility index (Phi) is 6.00. The molecule has 0 aliphatic rings. The zero-order valence-corrected chi connectivity index (χ0v) is 11.0. The zero-order valence-electron chi connectivity index (χ0n) is 10.2. The van der Waals surface area contributed by atoms with Crippen molar-refractivity contribution in [3.63, 3.8) is 0 Å². The van der Waals surface area contributed by atoms with E-state index in [2.05, 4.69) is 27.5 Å². The number of halogens is 1. The minimum atomic E-state index is 0.117. The summed E-state index contributed by atoms with van der Waals surface area (Å²) in [4.78, 5) is 8.37. The van der Waals surface area contributed by atoms with Crippen molar-refractivity contribution in [3.8, 4) is 0 Å². The van der Waals surface area contributed by atoms with Gasteiger partial charge in [0, 0.05) is 19.2 Å². The molecule has 1 aromatic heterocycles. The Morgan fingerprint density at radius 1 is 1.53 bits per heavy atom. The smallest absolute Gasteiger partial charge is 0.224 e. The van der Waals surface area contributed by atoms with Gasteiger partial charge in [0.05, 0.1) is 6.20 Å². The highest BCUT2D eigenvalue weighted by Crippen LogP contribution is 2.20. The fourth-order valence-electron chi connectivity index (χ4n) is 1.29. The minimum Gasteiger partial charge on any atom is -0.396 e.